The van der Waals surface area contributed by atoms with Gasteiger partial charge in [-0.1, -0.05) is 19.4 Å². The minimum Gasteiger partial charge on any atom is -0.207 e. The third-order valence-corrected chi connectivity index (χ3v) is 6.81. The number of rotatable bonds is 6. The second kappa shape index (κ2) is 6.67. The molecular weight excluding hydrogens is 306 g/mol. The van der Waals surface area contributed by atoms with Crippen LogP contribution >= 0.6 is 11.6 Å². The van der Waals surface area contributed by atoms with Crippen molar-refractivity contribution in [3.63, 3.8) is 0 Å². The summed E-state index contributed by atoms with van der Waals surface area (Å²) in [5, 5.41) is 0. The van der Waals surface area contributed by atoms with Gasteiger partial charge >= 0.3 is 0 Å². The fraction of sp³-hybridized carbons (Fsp3) is 0.625. The number of hydrogen-bond acceptors (Lipinski definition) is 2. The van der Waals surface area contributed by atoms with Crippen LogP contribution in [0.4, 0.5) is 0 Å². The molecule has 1 aromatic rings. The molecule has 2 rings (SSSR count). The summed E-state index contributed by atoms with van der Waals surface area (Å²) in [7, 11) is -3.43. The van der Waals surface area contributed by atoms with E-state index in [4.69, 9.17) is 11.6 Å². The highest BCUT2D eigenvalue weighted by Gasteiger charge is 2.29. The lowest BCUT2D eigenvalue weighted by atomic mass is 9.85. The third kappa shape index (κ3) is 3.43. The van der Waals surface area contributed by atoms with Crippen molar-refractivity contribution < 1.29 is 8.42 Å². The molecule has 0 unspecified atom stereocenters. The van der Waals surface area contributed by atoms with Crippen LogP contribution in [0.3, 0.4) is 0 Å². The number of aryl methyl sites for hydroxylation is 2. The van der Waals surface area contributed by atoms with E-state index in [1.54, 1.807) is 10.4 Å². The molecule has 0 aromatic heterocycles. The van der Waals surface area contributed by atoms with Gasteiger partial charge in [0.15, 0.2) is 0 Å². The first-order valence-corrected chi connectivity index (χ1v) is 9.53. The van der Waals surface area contributed by atoms with E-state index in [-0.39, 0.29) is 0 Å². The number of nitrogens with zero attached hydrogens (tertiary/aromatic N) is 1. The lowest BCUT2D eigenvalue weighted by Crippen LogP contribution is -2.37. The minimum atomic E-state index is -3.43. The molecule has 3 nitrogen and oxygen atoms in total. The van der Waals surface area contributed by atoms with Crippen LogP contribution in [0, 0.1) is 19.8 Å². The lowest BCUT2D eigenvalue weighted by Gasteiger charge is -2.31. The maximum atomic E-state index is 12.9. The first kappa shape index (κ1) is 16.8. The topological polar surface area (TPSA) is 37.4 Å². The van der Waals surface area contributed by atoms with Gasteiger partial charge in [-0.2, -0.15) is 4.31 Å². The molecule has 1 aromatic carbocycles. The molecule has 0 bridgehead atoms. The SMILES string of the molecule is CCN(CC1CCC1)S(=O)(=O)c1cc(CCl)c(C)cc1C. The molecule has 0 spiro atoms. The molecule has 1 fully saturated rings. The highest BCUT2D eigenvalue weighted by atomic mass is 35.5. The summed E-state index contributed by atoms with van der Waals surface area (Å²) < 4.78 is 27.5. The molecular formula is C16H24ClNO2S. The molecule has 0 aliphatic heterocycles. The van der Waals surface area contributed by atoms with Crippen LogP contribution in [-0.4, -0.2) is 25.8 Å². The number of sulfonamides is 1. The van der Waals surface area contributed by atoms with Crippen LogP contribution in [0.25, 0.3) is 0 Å². The van der Waals surface area contributed by atoms with Crippen molar-refractivity contribution in [2.75, 3.05) is 13.1 Å². The summed E-state index contributed by atoms with van der Waals surface area (Å²) >= 11 is 5.93. The van der Waals surface area contributed by atoms with Gasteiger partial charge < -0.3 is 0 Å². The maximum absolute atomic E-state index is 12.9. The van der Waals surface area contributed by atoms with Crippen molar-refractivity contribution in [2.45, 2.75) is 50.8 Å². The van der Waals surface area contributed by atoms with E-state index in [1.165, 1.54) is 6.42 Å². The predicted octanol–water partition coefficient (Wildman–Crippen LogP) is 3.85. The molecule has 0 amide bonds. The summed E-state index contributed by atoms with van der Waals surface area (Å²) in [5.74, 6) is 0.863. The Hall–Kier alpha value is -0.580. The molecule has 1 saturated carbocycles. The van der Waals surface area contributed by atoms with E-state index in [0.717, 1.165) is 29.5 Å². The van der Waals surface area contributed by atoms with Crippen molar-refractivity contribution in [1.29, 1.82) is 0 Å². The normalized spacial score (nSPS) is 16.2. The van der Waals surface area contributed by atoms with Gasteiger partial charge in [-0.25, -0.2) is 8.42 Å². The van der Waals surface area contributed by atoms with Gasteiger partial charge in [-0.05, 0) is 55.4 Å². The van der Waals surface area contributed by atoms with Crippen molar-refractivity contribution >= 4 is 21.6 Å². The minimum absolute atomic E-state index is 0.337. The summed E-state index contributed by atoms with van der Waals surface area (Å²) in [6.07, 6.45) is 3.51. The Morgan fingerprint density at radius 3 is 2.38 bits per heavy atom. The Bertz CT molecular complexity index is 609. The van der Waals surface area contributed by atoms with Crippen molar-refractivity contribution in [3.05, 3.63) is 28.8 Å². The van der Waals surface area contributed by atoms with Crippen molar-refractivity contribution in [1.82, 2.24) is 4.31 Å². The molecule has 118 valence electrons. The molecule has 0 radical (unpaired) electrons. The molecule has 0 saturated heterocycles. The van der Waals surface area contributed by atoms with E-state index in [9.17, 15) is 8.42 Å². The van der Waals surface area contributed by atoms with Gasteiger partial charge in [0.2, 0.25) is 10.0 Å². The Labute approximate surface area is 133 Å². The van der Waals surface area contributed by atoms with E-state index in [0.29, 0.717) is 29.8 Å². The summed E-state index contributed by atoms with van der Waals surface area (Å²) in [5.41, 5.74) is 2.73. The average Bonchev–Trinajstić information content (AvgIpc) is 2.37. The second-order valence-corrected chi connectivity index (χ2v) is 8.10. The summed E-state index contributed by atoms with van der Waals surface area (Å²) in [6, 6.07) is 3.66. The highest BCUT2D eigenvalue weighted by molar-refractivity contribution is 7.89. The largest absolute Gasteiger partial charge is 0.243 e. The smallest absolute Gasteiger partial charge is 0.207 e. The predicted molar refractivity (Wildman–Crippen MR) is 87.2 cm³/mol. The van der Waals surface area contributed by atoms with E-state index < -0.39 is 10.0 Å². The van der Waals surface area contributed by atoms with Crippen molar-refractivity contribution in [3.8, 4) is 0 Å². The maximum Gasteiger partial charge on any atom is 0.243 e. The Kier molecular flexibility index (Phi) is 5.33. The monoisotopic (exact) mass is 329 g/mol. The second-order valence-electron chi connectivity index (χ2n) is 5.93. The number of halogens is 1. The lowest BCUT2D eigenvalue weighted by molar-refractivity contribution is 0.250. The Morgan fingerprint density at radius 1 is 1.24 bits per heavy atom. The van der Waals surface area contributed by atoms with Crippen LogP contribution in [0.15, 0.2) is 17.0 Å². The molecule has 0 heterocycles. The summed E-state index contributed by atoms with van der Waals surface area (Å²) in [4.78, 5) is 0.407. The van der Waals surface area contributed by atoms with Gasteiger partial charge in [0, 0.05) is 19.0 Å². The quantitative estimate of drug-likeness (QED) is 0.743. The van der Waals surface area contributed by atoms with Crippen LogP contribution in [0.2, 0.25) is 0 Å². The first-order chi connectivity index (χ1) is 9.90. The Morgan fingerprint density at radius 2 is 1.90 bits per heavy atom. The average molecular weight is 330 g/mol. The van der Waals surface area contributed by atoms with Crippen LogP contribution in [0.1, 0.15) is 42.9 Å². The first-order valence-electron chi connectivity index (χ1n) is 7.56. The number of hydrogen-bond donors (Lipinski definition) is 0. The standard InChI is InChI=1S/C16H24ClNO2S/c1-4-18(11-14-6-5-7-14)21(19,20)16-9-15(10-17)12(2)8-13(16)3/h8-9,14H,4-7,10-11H2,1-3H3. The number of benzene rings is 1. The fourth-order valence-corrected chi connectivity index (χ4v) is 4.87. The molecule has 0 N–H and O–H groups in total. The van der Waals surface area contributed by atoms with E-state index >= 15 is 0 Å². The molecule has 0 atom stereocenters. The zero-order valence-electron chi connectivity index (χ0n) is 13.0. The van der Waals surface area contributed by atoms with E-state index in [1.807, 2.05) is 26.8 Å². The number of alkyl halides is 1. The molecule has 1 aliphatic rings. The van der Waals surface area contributed by atoms with Crippen molar-refractivity contribution in [2.24, 2.45) is 5.92 Å². The third-order valence-electron chi connectivity index (χ3n) is 4.43. The zero-order valence-corrected chi connectivity index (χ0v) is 14.6. The van der Waals surface area contributed by atoms with Gasteiger partial charge in [0.1, 0.15) is 0 Å². The van der Waals surface area contributed by atoms with Gasteiger partial charge in [-0.3, -0.25) is 0 Å². The van der Waals surface area contributed by atoms with Gasteiger partial charge in [-0.15, -0.1) is 11.6 Å². The van der Waals surface area contributed by atoms with Crippen LogP contribution < -0.4 is 0 Å². The van der Waals surface area contributed by atoms with Crippen LogP contribution in [-0.2, 0) is 15.9 Å². The summed E-state index contributed by atoms with van der Waals surface area (Å²) in [6.45, 7) is 6.88. The molecule has 1 aliphatic carbocycles. The Balaban J connectivity index is 2.36. The van der Waals surface area contributed by atoms with Crippen LogP contribution in [0.5, 0.6) is 0 Å². The highest BCUT2D eigenvalue weighted by Crippen LogP contribution is 2.30. The van der Waals surface area contributed by atoms with E-state index in [2.05, 4.69) is 0 Å². The molecule has 5 heteroatoms. The zero-order chi connectivity index (χ0) is 15.6. The molecule has 21 heavy (non-hydrogen) atoms. The van der Waals surface area contributed by atoms with Gasteiger partial charge in [0.25, 0.3) is 0 Å². The van der Waals surface area contributed by atoms with Gasteiger partial charge in [0.05, 0.1) is 4.90 Å². The fourth-order valence-electron chi connectivity index (χ4n) is 2.80.